The van der Waals surface area contributed by atoms with Crippen LogP contribution in [0.3, 0.4) is 0 Å². The van der Waals surface area contributed by atoms with Gasteiger partial charge < -0.3 is 0 Å². The number of hydrogen-bond acceptors (Lipinski definition) is 0. The summed E-state index contributed by atoms with van der Waals surface area (Å²) in [7, 11) is 0. The molecular formula is C12H16. The topological polar surface area (TPSA) is 0 Å². The summed E-state index contributed by atoms with van der Waals surface area (Å²) < 4.78 is 0. The molecule has 4 rings (SSSR count). The lowest BCUT2D eigenvalue weighted by atomic mass is 9.57. The Bertz CT molecular complexity index is 349. The summed E-state index contributed by atoms with van der Waals surface area (Å²) in [5, 5.41) is 0. The summed E-state index contributed by atoms with van der Waals surface area (Å²) in [5.74, 6) is 3.95. The molecule has 0 amide bonds. The van der Waals surface area contributed by atoms with Crippen molar-refractivity contribution in [3.8, 4) is 0 Å². The highest BCUT2D eigenvalue weighted by Crippen LogP contribution is 3.12. The van der Waals surface area contributed by atoms with Crippen molar-refractivity contribution in [2.75, 3.05) is 0 Å². The van der Waals surface area contributed by atoms with Crippen LogP contribution in [0.2, 0.25) is 0 Å². The molecule has 0 heterocycles. The van der Waals surface area contributed by atoms with Crippen molar-refractivity contribution in [2.45, 2.75) is 27.7 Å². The van der Waals surface area contributed by atoms with Crippen LogP contribution in [0.15, 0.2) is 11.1 Å². The molecular weight excluding hydrogens is 144 g/mol. The van der Waals surface area contributed by atoms with Gasteiger partial charge in [0.05, 0.1) is 0 Å². The second kappa shape index (κ2) is 1.15. The third-order valence-electron chi connectivity index (χ3n) is 5.66. The van der Waals surface area contributed by atoms with E-state index >= 15 is 0 Å². The highest BCUT2D eigenvalue weighted by atomic mass is 15.1. The van der Waals surface area contributed by atoms with Crippen molar-refractivity contribution in [3.05, 3.63) is 11.1 Å². The van der Waals surface area contributed by atoms with E-state index in [1.807, 2.05) is 11.1 Å². The Morgan fingerprint density at radius 3 is 2.08 bits per heavy atom. The minimum absolute atomic E-state index is 0.815. The van der Waals surface area contributed by atoms with E-state index in [9.17, 15) is 0 Å². The van der Waals surface area contributed by atoms with E-state index in [1.165, 1.54) is 0 Å². The number of rotatable bonds is 1. The molecule has 4 aliphatic rings. The van der Waals surface area contributed by atoms with Gasteiger partial charge in [-0.25, -0.2) is 0 Å². The molecule has 0 radical (unpaired) electrons. The fourth-order valence-corrected chi connectivity index (χ4v) is 5.53. The van der Waals surface area contributed by atoms with Gasteiger partial charge in [0.2, 0.25) is 0 Å². The molecule has 0 N–H and O–H groups in total. The van der Waals surface area contributed by atoms with Gasteiger partial charge in [0.15, 0.2) is 0 Å². The summed E-state index contributed by atoms with van der Waals surface area (Å²) in [6.07, 6.45) is 0. The predicted octanol–water partition coefficient (Wildman–Crippen LogP) is 2.85. The van der Waals surface area contributed by atoms with Gasteiger partial charge in [0.25, 0.3) is 0 Å². The quantitative estimate of drug-likeness (QED) is 0.517. The highest BCUT2D eigenvalue weighted by molar-refractivity contribution is 5.83. The SMILES string of the molecule is CC(C)C1C2=C3C4(C2C)C(C)C314. The van der Waals surface area contributed by atoms with E-state index in [2.05, 4.69) is 27.7 Å². The Kier molecular flexibility index (Phi) is 0.598. The summed E-state index contributed by atoms with van der Waals surface area (Å²) in [4.78, 5) is 0. The Labute approximate surface area is 74.0 Å². The zero-order chi connectivity index (χ0) is 8.46. The van der Waals surface area contributed by atoms with Crippen LogP contribution in [0, 0.1) is 34.5 Å². The molecule has 2 saturated carbocycles. The maximum atomic E-state index is 2.48. The van der Waals surface area contributed by atoms with Crippen molar-refractivity contribution >= 4 is 0 Å². The van der Waals surface area contributed by atoms with Gasteiger partial charge in [-0.15, -0.1) is 0 Å². The first-order valence-corrected chi connectivity index (χ1v) is 5.37. The molecule has 4 aliphatic carbocycles. The van der Waals surface area contributed by atoms with Gasteiger partial charge in [-0.2, -0.15) is 0 Å². The van der Waals surface area contributed by atoms with Crippen molar-refractivity contribution in [2.24, 2.45) is 34.5 Å². The third-order valence-corrected chi connectivity index (χ3v) is 5.66. The lowest BCUT2D eigenvalue weighted by Gasteiger charge is -2.46. The van der Waals surface area contributed by atoms with Gasteiger partial charge in [-0.05, 0) is 23.7 Å². The average molecular weight is 160 g/mol. The van der Waals surface area contributed by atoms with E-state index in [0.717, 1.165) is 34.5 Å². The molecule has 0 bridgehead atoms. The van der Waals surface area contributed by atoms with Crippen LogP contribution in [0.1, 0.15) is 27.7 Å². The van der Waals surface area contributed by atoms with Crippen molar-refractivity contribution in [1.82, 2.24) is 0 Å². The Morgan fingerprint density at radius 1 is 1.17 bits per heavy atom. The number of allylic oxidation sites excluding steroid dienone is 2. The minimum atomic E-state index is 0.815. The van der Waals surface area contributed by atoms with Crippen LogP contribution in [-0.2, 0) is 0 Å². The Balaban J connectivity index is 1.88. The van der Waals surface area contributed by atoms with Crippen LogP contribution in [0.25, 0.3) is 0 Å². The van der Waals surface area contributed by atoms with Gasteiger partial charge in [-0.1, -0.05) is 38.8 Å². The molecule has 5 atom stereocenters. The summed E-state index contributed by atoms with van der Waals surface area (Å²) in [6, 6.07) is 0. The molecule has 0 nitrogen and oxygen atoms in total. The lowest BCUT2D eigenvalue weighted by Crippen LogP contribution is -2.38. The van der Waals surface area contributed by atoms with Gasteiger partial charge in [-0.3, -0.25) is 0 Å². The molecule has 0 aromatic heterocycles. The first-order chi connectivity index (χ1) is 5.62. The fourth-order valence-electron chi connectivity index (χ4n) is 5.53. The second-order valence-corrected chi connectivity index (χ2v) is 5.73. The number of hydrogen-bond donors (Lipinski definition) is 0. The van der Waals surface area contributed by atoms with Gasteiger partial charge in [0.1, 0.15) is 0 Å². The van der Waals surface area contributed by atoms with Crippen LogP contribution in [-0.4, -0.2) is 0 Å². The fraction of sp³-hybridized carbons (Fsp3) is 0.833. The normalized spacial score (nSPS) is 68.2. The first-order valence-electron chi connectivity index (χ1n) is 5.37. The predicted molar refractivity (Wildman–Crippen MR) is 48.5 cm³/mol. The molecule has 12 heavy (non-hydrogen) atoms. The minimum Gasteiger partial charge on any atom is -0.0622 e. The zero-order valence-electron chi connectivity index (χ0n) is 8.31. The van der Waals surface area contributed by atoms with Crippen LogP contribution < -0.4 is 0 Å². The molecule has 0 aromatic rings. The molecule has 64 valence electrons. The highest BCUT2D eigenvalue weighted by Gasteiger charge is 3.07. The smallest absolute Gasteiger partial charge is 0.0126 e. The standard InChI is InChI=1S/C12H16/c1-5(2)9-8-6(3)11-7(4)12(9,11)10(8)11/h5-7,9H,1-4H3. The molecule has 0 aliphatic heterocycles. The zero-order valence-corrected chi connectivity index (χ0v) is 8.31. The third kappa shape index (κ3) is 0.231. The van der Waals surface area contributed by atoms with Gasteiger partial charge in [0, 0.05) is 10.8 Å². The van der Waals surface area contributed by atoms with E-state index in [1.54, 1.807) is 0 Å². The van der Waals surface area contributed by atoms with Crippen molar-refractivity contribution < 1.29 is 0 Å². The van der Waals surface area contributed by atoms with E-state index in [-0.39, 0.29) is 0 Å². The molecule has 0 saturated heterocycles. The van der Waals surface area contributed by atoms with Crippen molar-refractivity contribution in [3.63, 3.8) is 0 Å². The maximum Gasteiger partial charge on any atom is 0.0126 e. The molecule has 0 aromatic carbocycles. The monoisotopic (exact) mass is 160 g/mol. The molecule has 2 fully saturated rings. The molecule has 0 heteroatoms. The summed E-state index contributed by atoms with van der Waals surface area (Å²) >= 11 is 0. The van der Waals surface area contributed by atoms with E-state index in [4.69, 9.17) is 0 Å². The lowest BCUT2D eigenvalue weighted by molar-refractivity contribution is 0.240. The maximum absolute atomic E-state index is 2.48. The van der Waals surface area contributed by atoms with E-state index < -0.39 is 0 Å². The largest absolute Gasteiger partial charge is 0.0622 e. The van der Waals surface area contributed by atoms with Crippen LogP contribution >= 0.6 is 0 Å². The van der Waals surface area contributed by atoms with Crippen molar-refractivity contribution in [1.29, 1.82) is 0 Å². The molecule has 5 unspecified atom stereocenters. The second-order valence-electron chi connectivity index (χ2n) is 5.73. The van der Waals surface area contributed by atoms with Gasteiger partial charge >= 0.3 is 0 Å². The average Bonchev–Trinajstić information content (AvgIpc) is 2.61. The van der Waals surface area contributed by atoms with Crippen LogP contribution in [0.5, 0.6) is 0 Å². The Hall–Kier alpha value is -0.260. The van der Waals surface area contributed by atoms with Crippen LogP contribution in [0.4, 0.5) is 0 Å². The van der Waals surface area contributed by atoms with E-state index in [0.29, 0.717) is 0 Å². The summed E-state index contributed by atoms with van der Waals surface area (Å²) in [6.45, 7) is 9.75. The first kappa shape index (κ1) is 6.23. The summed E-state index contributed by atoms with van der Waals surface area (Å²) in [5.41, 5.74) is 5.46. The molecule has 2 spiro atoms. The Morgan fingerprint density at radius 2 is 1.83 bits per heavy atom.